The van der Waals surface area contributed by atoms with E-state index in [0.29, 0.717) is 12.3 Å². The highest BCUT2D eigenvalue weighted by molar-refractivity contribution is 7.98. The van der Waals surface area contributed by atoms with Crippen LogP contribution in [0.25, 0.3) is 0 Å². The monoisotopic (exact) mass is 271 g/mol. The van der Waals surface area contributed by atoms with E-state index in [1.807, 2.05) is 24.5 Å². The van der Waals surface area contributed by atoms with E-state index in [1.165, 1.54) is 5.56 Å². The van der Waals surface area contributed by atoms with E-state index in [9.17, 15) is 4.79 Å². The minimum absolute atomic E-state index is 0.0776. The van der Waals surface area contributed by atoms with Gasteiger partial charge in [0, 0.05) is 23.7 Å². The van der Waals surface area contributed by atoms with Crippen LogP contribution in [0, 0.1) is 0 Å². The number of anilines is 1. The van der Waals surface area contributed by atoms with Gasteiger partial charge in [0.25, 0.3) is 0 Å². The highest BCUT2D eigenvalue weighted by Crippen LogP contribution is 2.13. The lowest BCUT2D eigenvalue weighted by Crippen LogP contribution is -2.12. The summed E-state index contributed by atoms with van der Waals surface area (Å²) in [6.45, 7) is 0. The average molecular weight is 272 g/mol. The molecule has 0 unspecified atom stereocenters. The summed E-state index contributed by atoms with van der Waals surface area (Å²) in [6, 6.07) is 7.96. The molecule has 0 bridgehead atoms. The van der Waals surface area contributed by atoms with E-state index in [-0.39, 0.29) is 5.91 Å². The summed E-state index contributed by atoms with van der Waals surface area (Å²) >= 11 is 7.34. The number of rotatable bonds is 7. The number of hydrogen-bond acceptors (Lipinski definition) is 2. The Morgan fingerprint density at radius 3 is 3.00 bits per heavy atom. The first kappa shape index (κ1) is 14.4. The number of thioether (sulfide) groups is 1. The first-order valence-corrected chi connectivity index (χ1v) is 7.63. The fourth-order valence-corrected chi connectivity index (χ4v) is 2.02. The minimum Gasteiger partial charge on any atom is -0.326 e. The van der Waals surface area contributed by atoms with Crippen molar-refractivity contribution in [3.8, 4) is 0 Å². The molecule has 1 N–H and O–H groups in total. The van der Waals surface area contributed by atoms with Gasteiger partial charge in [-0.1, -0.05) is 12.1 Å². The predicted molar refractivity (Wildman–Crippen MR) is 77.1 cm³/mol. The van der Waals surface area contributed by atoms with Crippen LogP contribution in [0.4, 0.5) is 5.69 Å². The highest BCUT2D eigenvalue weighted by atomic mass is 35.5. The maximum Gasteiger partial charge on any atom is 0.225 e. The number of halogens is 1. The molecule has 0 saturated carbocycles. The molecule has 0 fully saturated rings. The number of hydrogen-bond donors (Lipinski definition) is 1. The van der Waals surface area contributed by atoms with Crippen LogP contribution >= 0.6 is 23.4 Å². The SMILES string of the molecule is CSCCC(=O)Nc1cccc(CCCCl)c1. The maximum absolute atomic E-state index is 11.6. The van der Waals surface area contributed by atoms with Gasteiger partial charge in [0.15, 0.2) is 0 Å². The zero-order valence-corrected chi connectivity index (χ0v) is 11.6. The summed E-state index contributed by atoms with van der Waals surface area (Å²) in [6.07, 6.45) is 4.48. The summed E-state index contributed by atoms with van der Waals surface area (Å²) in [5.74, 6) is 1.61. The van der Waals surface area contributed by atoms with E-state index in [4.69, 9.17) is 11.6 Å². The molecule has 0 atom stereocenters. The van der Waals surface area contributed by atoms with Crippen molar-refractivity contribution < 1.29 is 4.79 Å². The molecule has 0 saturated heterocycles. The van der Waals surface area contributed by atoms with Gasteiger partial charge in [0.2, 0.25) is 5.91 Å². The molecular formula is C13H18ClNOS. The van der Waals surface area contributed by atoms with Gasteiger partial charge in [0.1, 0.15) is 0 Å². The van der Waals surface area contributed by atoms with Gasteiger partial charge in [-0.15, -0.1) is 11.6 Å². The Labute approximate surface area is 112 Å². The number of carbonyl (C=O) groups excluding carboxylic acids is 1. The molecule has 0 spiro atoms. The fraction of sp³-hybridized carbons (Fsp3) is 0.462. The molecule has 17 heavy (non-hydrogen) atoms. The van der Waals surface area contributed by atoms with E-state index in [1.54, 1.807) is 11.8 Å². The first-order valence-electron chi connectivity index (χ1n) is 5.70. The lowest BCUT2D eigenvalue weighted by molar-refractivity contribution is -0.115. The number of nitrogens with one attached hydrogen (secondary N) is 1. The Morgan fingerprint density at radius 1 is 1.47 bits per heavy atom. The third kappa shape index (κ3) is 5.99. The van der Waals surface area contributed by atoms with Gasteiger partial charge in [-0.2, -0.15) is 11.8 Å². The molecule has 1 aromatic rings. The third-order valence-corrected chi connectivity index (χ3v) is 3.22. The van der Waals surface area contributed by atoms with Crippen LogP contribution in [0.3, 0.4) is 0 Å². The molecule has 2 nitrogen and oxygen atoms in total. The van der Waals surface area contributed by atoms with Crippen LogP contribution in [0.15, 0.2) is 24.3 Å². The Hall–Kier alpha value is -0.670. The average Bonchev–Trinajstić information content (AvgIpc) is 2.34. The van der Waals surface area contributed by atoms with Crippen LogP contribution in [0.2, 0.25) is 0 Å². The van der Waals surface area contributed by atoms with Gasteiger partial charge in [-0.25, -0.2) is 0 Å². The smallest absolute Gasteiger partial charge is 0.225 e. The highest BCUT2D eigenvalue weighted by Gasteiger charge is 2.02. The molecule has 0 aliphatic rings. The van der Waals surface area contributed by atoms with Crippen molar-refractivity contribution in [3.05, 3.63) is 29.8 Å². The normalized spacial score (nSPS) is 10.2. The molecule has 0 aromatic heterocycles. The lowest BCUT2D eigenvalue weighted by Gasteiger charge is -2.06. The zero-order chi connectivity index (χ0) is 12.5. The largest absolute Gasteiger partial charge is 0.326 e. The van der Waals surface area contributed by atoms with Crippen molar-refractivity contribution in [2.45, 2.75) is 19.3 Å². The third-order valence-electron chi connectivity index (χ3n) is 2.34. The molecule has 0 aliphatic carbocycles. The van der Waals surface area contributed by atoms with Crippen LogP contribution in [-0.4, -0.2) is 23.8 Å². The van der Waals surface area contributed by atoms with Gasteiger partial charge in [-0.3, -0.25) is 4.79 Å². The van der Waals surface area contributed by atoms with Crippen molar-refractivity contribution in [1.29, 1.82) is 0 Å². The quantitative estimate of drug-likeness (QED) is 0.769. The molecule has 1 amide bonds. The molecule has 1 aromatic carbocycles. The van der Waals surface area contributed by atoms with Crippen molar-refractivity contribution >= 4 is 35.0 Å². The van der Waals surface area contributed by atoms with Crippen molar-refractivity contribution in [2.75, 3.05) is 23.2 Å². The van der Waals surface area contributed by atoms with E-state index >= 15 is 0 Å². The molecule has 94 valence electrons. The Bertz CT molecular complexity index is 357. The van der Waals surface area contributed by atoms with Crippen molar-refractivity contribution in [1.82, 2.24) is 0 Å². The van der Waals surface area contributed by atoms with Gasteiger partial charge < -0.3 is 5.32 Å². The lowest BCUT2D eigenvalue weighted by atomic mass is 10.1. The number of alkyl halides is 1. The van der Waals surface area contributed by atoms with Gasteiger partial charge in [-0.05, 0) is 36.8 Å². The zero-order valence-electron chi connectivity index (χ0n) is 10.0. The summed E-state index contributed by atoms with van der Waals surface area (Å²) in [7, 11) is 0. The maximum atomic E-state index is 11.6. The first-order chi connectivity index (χ1) is 8.26. The van der Waals surface area contributed by atoms with Crippen LogP contribution < -0.4 is 5.32 Å². The van der Waals surface area contributed by atoms with Crippen LogP contribution in [-0.2, 0) is 11.2 Å². The van der Waals surface area contributed by atoms with Gasteiger partial charge >= 0.3 is 0 Å². The van der Waals surface area contributed by atoms with Crippen LogP contribution in [0.5, 0.6) is 0 Å². The molecule has 0 heterocycles. The van der Waals surface area contributed by atoms with Crippen LogP contribution in [0.1, 0.15) is 18.4 Å². The minimum atomic E-state index is 0.0776. The topological polar surface area (TPSA) is 29.1 Å². The Balaban J connectivity index is 2.50. The summed E-state index contributed by atoms with van der Waals surface area (Å²) in [5, 5.41) is 2.91. The van der Waals surface area contributed by atoms with Gasteiger partial charge in [0.05, 0.1) is 0 Å². The second-order valence-corrected chi connectivity index (χ2v) is 5.15. The standard InChI is InChI=1S/C13H18ClNOS/c1-17-9-7-13(16)15-12-6-2-4-11(10-12)5-3-8-14/h2,4,6,10H,3,5,7-9H2,1H3,(H,15,16). The van der Waals surface area contributed by atoms with E-state index in [2.05, 4.69) is 11.4 Å². The number of benzene rings is 1. The second-order valence-electron chi connectivity index (χ2n) is 3.78. The molecule has 4 heteroatoms. The Kier molecular flexibility index (Phi) is 7.13. The predicted octanol–water partition coefficient (Wildman–Crippen LogP) is 3.55. The summed E-state index contributed by atoms with van der Waals surface area (Å²) < 4.78 is 0. The Morgan fingerprint density at radius 2 is 2.29 bits per heavy atom. The summed E-state index contributed by atoms with van der Waals surface area (Å²) in [5.41, 5.74) is 2.09. The molecule has 0 radical (unpaired) electrons. The van der Waals surface area contributed by atoms with Crippen molar-refractivity contribution in [3.63, 3.8) is 0 Å². The van der Waals surface area contributed by atoms with E-state index in [0.717, 1.165) is 24.3 Å². The molecule has 1 rings (SSSR count). The number of carbonyl (C=O) groups is 1. The molecular weight excluding hydrogens is 254 g/mol. The molecule has 0 aliphatic heterocycles. The fourth-order valence-electron chi connectivity index (χ4n) is 1.49. The number of amides is 1. The summed E-state index contributed by atoms with van der Waals surface area (Å²) in [4.78, 5) is 11.6. The second kappa shape index (κ2) is 8.43. The van der Waals surface area contributed by atoms with Crippen molar-refractivity contribution in [2.24, 2.45) is 0 Å². The van der Waals surface area contributed by atoms with E-state index < -0.39 is 0 Å². The number of aryl methyl sites for hydroxylation is 1.